The van der Waals surface area contributed by atoms with Crippen LogP contribution in [-0.2, 0) is 11.3 Å². The Morgan fingerprint density at radius 2 is 1.81 bits per heavy atom. The molecular formula is C25H18FN3OS. The smallest absolute Gasteiger partial charge is 0.271 e. The van der Waals surface area contributed by atoms with E-state index < -0.39 is 0 Å². The molecule has 2 heterocycles. The van der Waals surface area contributed by atoms with Crippen molar-refractivity contribution in [3.8, 4) is 0 Å². The van der Waals surface area contributed by atoms with Crippen LogP contribution >= 0.6 is 11.8 Å². The number of amidine groups is 1. The second-order valence-electron chi connectivity index (χ2n) is 7.14. The lowest BCUT2D eigenvalue weighted by Gasteiger charge is -2.15. The number of benzene rings is 3. The number of thioether (sulfide) groups is 1. The van der Waals surface area contributed by atoms with Gasteiger partial charge < -0.3 is 4.98 Å². The van der Waals surface area contributed by atoms with Crippen molar-refractivity contribution in [1.29, 1.82) is 0 Å². The number of carbonyl (C=O) groups excluding carboxylic acids is 1. The van der Waals surface area contributed by atoms with Gasteiger partial charge in [-0.3, -0.25) is 14.7 Å². The lowest BCUT2D eigenvalue weighted by atomic mass is 10.1. The van der Waals surface area contributed by atoms with Gasteiger partial charge in [-0.2, -0.15) is 0 Å². The molecule has 0 saturated carbocycles. The number of aromatic amines is 1. The van der Waals surface area contributed by atoms with Crippen molar-refractivity contribution in [2.45, 2.75) is 6.54 Å². The van der Waals surface area contributed by atoms with Gasteiger partial charge in [0.15, 0.2) is 5.17 Å². The van der Waals surface area contributed by atoms with Crippen molar-refractivity contribution in [2.24, 2.45) is 4.99 Å². The molecule has 0 aliphatic carbocycles. The molecule has 6 heteroatoms. The predicted molar refractivity (Wildman–Crippen MR) is 125 cm³/mol. The van der Waals surface area contributed by atoms with Crippen molar-refractivity contribution in [2.75, 3.05) is 4.90 Å². The van der Waals surface area contributed by atoms with Crippen LogP contribution in [0.2, 0.25) is 0 Å². The summed E-state index contributed by atoms with van der Waals surface area (Å²) in [6.07, 6.45) is 3.80. The number of anilines is 1. The number of halogens is 1. The minimum atomic E-state index is -0.280. The van der Waals surface area contributed by atoms with E-state index in [2.05, 4.69) is 9.98 Å². The SMILES string of the molecule is O=C1C(=Cc2ccc3[nH]ccc3c2)SC(=NCc2ccc(F)cc2)N1c1ccccc1. The maximum Gasteiger partial charge on any atom is 0.271 e. The topological polar surface area (TPSA) is 48.5 Å². The summed E-state index contributed by atoms with van der Waals surface area (Å²) in [5, 5.41) is 1.70. The molecule has 0 atom stereocenters. The van der Waals surface area contributed by atoms with Crippen LogP contribution in [0.1, 0.15) is 11.1 Å². The Bertz CT molecular complexity index is 1310. The Morgan fingerprint density at radius 3 is 2.61 bits per heavy atom. The Morgan fingerprint density at radius 1 is 1.00 bits per heavy atom. The van der Waals surface area contributed by atoms with Gasteiger partial charge in [0.2, 0.25) is 0 Å². The maximum atomic E-state index is 13.3. The number of H-pyrrole nitrogens is 1. The molecule has 1 saturated heterocycles. The van der Waals surface area contributed by atoms with E-state index >= 15 is 0 Å². The van der Waals surface area contributed by atoms with Crippen molar-refractivity contribution < 1.29 is 9.18 Å². The third kappa shape index (κ3) is 4.02. The number of hydrogen-bond donors (Lipinski definition) is 1. The van der Waals surface area contributed by atoms with E-state index in [9.17, 15) is 9.18 Å². The molecule has 0 bridgehead atoms. The average Bonchev–Trinajstić information content (AvgIpc) is 3.38. The fraction of sp³-hybridized carbons (Fsp3) is 0.0400. The van der Waals surface area contributed by atoms with Crippen LogP contribution in [0, 0.1) is 5.82 Å². The number of para-hydroxylation sites is 1. The number of rotatable bonds is 4. The number of fused-ring (bicyclic) bond motifs is 1. The number of aromatic nitrogens is 1. The highest BCUT2D eigenvalue weighted by Crippen LogP contribution is 2.36. The molecule has 1 fully saturated rings. The van der Waals surface area contributed by atoms with Gasteiger partial charge in [-0.15, -0.1) is 0 Å². The largest absolute Gasteiger partial charge is 0.361 e. The zero-order valence-electron chi connectivity index (χ0n) is 16.5. The number of amides is 1. The Balaban J connectivity index is 1.50. The van der Waals surface area contributed by atoms with Crippen molar-refractivity contribution >= 4 is 45.5 Å². The normalized spacial score (nSPS) is 16.7. The zero-order valence-corrected chi connectivity index (χ0v) is 17.3. The van der Waals surface area contributed by atoms with Crippen LogP contribution in [0.3, 0.4) is 0 Å². The monoisotopic (exact) mass is 427 g/mol. The average molecular weight is 428 g/mol. The number of carbonyl (C=O) groups is 1. The second-order valence-corrected chi connectivity index (χ2v) is 8.15. The van der Waals surface area contributed by atoms with E-state index in [0.717, 1.165) is 27.7 Å². The van der Waals surface area contributed by atoms with Crippen LogP contribution < -0.4 is 4.90 Å². The first-order valence-corrected chi connectivity index (χ1v) is 10.6. The van der Waals surface area contributed by atoms with Gasteiger partial charge in [0.05, 0.1) is 17.1 Å². The molecule has 4 nitrogen and oxygen atoms in total. The van der Waals surface area contributed by atoms with Gasteiger partial charge in [-0.25, -0.2) is 4.39 Å². The van der Waals surface area contributed by atoms with Crippen LogP contribution in [-0.4, -0.2) is 16.1 Å². The first-order chi connectivity index (χ1) is 15.2. The summed E-state index contributed by atoms with van der Waals surface area (Å²) in [5.74, 6) is -0.388. The van der Waals surface area contributed by atoms with Gasteiger partial charge in [-0.05, 0) is 76.8 Å². The fourth-order valence-electron chi connectivity index (χ4n) is 3.45. The highest BCUT2D eigenvalue weighted by Gasteiger charge is 2.34. The number of aliphatic imine (C=N–C) groups is 1. The van der Waals surface area contributed by atoms with Crippen LogP contribution in [0.5, 0.6) is 0 Å². The van der Waals surface area contributed by atoms with Gasteiger partial charge in [0.25, 0.3) is 5.91 Å². The molecule has 1 aliphatic heterocycles. The maximum absolute atomic E-state index is 13.3. The number of nitrogens with zero attached hydrogens (tertiary/aromatic N) is 2. The molecule has 0 unspecified atom stereocenters. The van der Waals surface area contributed by atoms with Gasteiger partial charge in [-0.1, -0.05) is 36.4 Å². The minimum absolute atomic E-state index is 0.108. The summed E-state index contributed by atoms with van der Waals surface area (Å²) in [4.78, 5) is 23.4. The van der Waals surface area contributed by atoms with E-state index in [1.54, 1.807) is 17.0 Å². The number of nitrogens with one attached hydrogen (secondary N) is 1. The molecule has 1 N–H and O–H groups in total. The Labute approximate surface area is 183 Å². The Kier molecular flexibility index (Phi) is 5.14. The molecule has 3 aromatic carbocycles. The second kappa shape index (κ2) is 8.24. The van der Waals surface area contributed by atoms with Gasteiger partial charge in [0, 0.05) is 11.7 Å². The molecule has 4 aromatic rings. The third-order valence-corrected chi connectivity index (χ3v) is 6.01. The van der Waals surface area contributed by atoms with E-state index in [1.807, 2.05) is 66.9 Å². The lowest BCUT2D eigenvalue weighted by Crippen LogP contribution is -2.28. The first kappa shape index (κ1) is 19.3. The van der Waals surface area contributed by atoms with E-state index in [1.165, 1.54) is 23.9 Å². The molecule has 5 rings (SSSR count). The third-order valence-electron chi connectivity index (χ3n) is 5.01. The zero-order chi connectivity index (χ0) is 21.2. The summed E-state index contributed by atoms with van der Waals surface area (Å²) in [5.41, 5.74) is 3.66. The Hall–Kier alpha value is -3.64. The van der Waals surface area contributed by atoms with Crippen LogP contribution in [0.25, 0.3) is 17.0 Å². The number of hydrogen-bond acceptors (Lipinski definition) is 3. The van der Waals surface area contributed by atoms with E-state index in [0.29, 0.717) is 16.6 Å². The molecule has 31 heavy (non-hydrogen) atoms. The van der Waals surface area contributed by atoms with Gasteiger partial charge in [0.1, 0.15) is 5.82 Å². The molecule has 0 spiro atoms. The molecule has 1 amide bonds. The molecule has 1 aromatic heterocycles. The quantitative estimate of drug-likeness (QED) is 0.407. The summed E-state index contributed by atoms with van der Waals surface area (Å²) in [6.45, 7) is 0.363. The van der Waals surface area contributed by atoms with Crippen LogP contribution in [0.4, 0.5) is 10.1 Å². The summed E-state index contributed by atoms with van der Waals surface area (Å²) >= 11 is 1.35. The van der Waals surface area contributed by atoms with Gasteiger partial charge >= 0.3 is 0 Å². The standard InChI is InChI=1S/C25H18FN3OS/c26-20-9-6-17(7-10-20)16-28-25-29(21-4-2-1-3-5-21)24(30)23(31-25)15-18-8-11-22-19(14-18)12-13-27-22/h1-15,27H,16H2. The summed E-state index contributed by atoms with van der Waals surface area (Å²) < 4.78 is 13.2. The van der Waals surface area contributed by atoms with E-state index in [4.69, 9.17) is 0 Å². The van der Waals surface area contributed by atoms with Crippen LogP contribution in [0.15, 0.2) is 95.0 Å². The van der Waals surface area contributed by atoms with E-state index in [-0.39, 0.29) is 11.7 Å². The summed E-state index contributed by atoms with van der Waals surface area (Å²) in [7, 11) is 0. The first-order valence-electron chi connectivity index (χ1n) is 9.82. The molecule has 0 radical (unpaired) electrons. The predicted octanol–water partition coefficient (Wildman–Crippen LogP) is 5.98. The minimum Gasteiger partial charge on any atom is -0.361 e. The van der Waals surface area contributed by atoms with Crippen molar-refractivity contribution in [1.82, 2.24) is 4.98 Å². The highest BCUT2D eigenvalue weighted by atomic mass is 32.2. The van der Waals surface area contributed by atoms with Crippen molar-refractivity contribution in [3.05, 3.63) is 107 Å². The lowest BCUT2D eigenvalue weighted by molar-refractivity contribution is -0.113. The highest BCUT2D eigenvalue weighted by molar-refractivity contribution is 8.19. The molecule has 1 aliphatic rings. The molecule has 152 valence electrons. The fourth-order valence-corrected chi connectivity index (χ4v) is 4.42. The van der Waals surface area contributed by atoms with Crippen molar-refractivity contribution in [3.63, 3.8) is 0 Å². The summed E-state index contributed by atoms with van der Waals surface area (Å²) in [6, 6.07) is 23.8. The molecular weight excluding hydrogens is 409 g/mol.